The zero-order chi connectivity index (χ0) is 16.5. The van der Waals surface area contributed by atoms with Gasteiger partial charge in [0.05, 0.1) is 6.10 Å². The summed E-state index contributed by atoms with van der Waals surface area (Å²) in [6.07, 6.45) is 18.2. The average Bonchev–Trinajstić information content (AvgIpc) is 2.51. The second-order valence-electron chi connectivity index (χ2n) is 6.47. The van der Waals surface area contributed by atoms with Crippen LogP contribution >= 0.6 is 0 Å². The molecular weight excluding hydrogens is 276 g/mol. The lowest BCUT2D eigenvalue weighted by atomic mass is 10.0. The molecule has 0 saturated heterocycles. The van der Waals surface area contributed by atoms with Crippen molar-refractivity contribution in [2.45, 2.75) is 109 Å². The molecule has 0 bridgehead atoms. The summed E-state index contributed by atoms with van der Waals surface area (Å²) in [6.45, 7) is 2.24. The maximum atomic E-state index is 10.4. The standard InChI is InChI=1S/C19H38O3/c1-3-4-15-18(22-2)16-13-11-9-7-5-6-8-10-12-14-17-19(20)21/h18H,3-17H2,1-2H3,(H,20,21). The Morgan fingerprint density at radius 1 is 0.818 bits per heavy atom. The van der Waals surface area contributed by atoms with Crippen LogP contribution in [0, 0.1) is 0 Å². The third kappa shape index (κ3) is 15.8. The molecule has 0 aliphatic carbocycles. The first-order valence-corrected chi connectivity index (χ1v) is 9.45. The predicted octanol–water partition coefficient (Wildman–Crippen LogP) is 5.96. The Balaban J connectivity index is 3.18. The fourth-order valence-electron chi connectivity index (χ4n) is 2.87. The predicted molar refractivity (Wildman–Crippen MR) is 93.4 cm³/mol. The van der Waals surface area contributed by atoms with Gasteiger partial charge in [0.1, 0.15) is 0 Å². The SMILES string of the molecule is CCCCC(CCCCCCCCCCCCC(=O)O)OC. The van der Waals surface area contributed by atoms with Gasteiger partial charge in [-0.05, 0) is 19.3 Å². The Kier molecular flexibility index (Phi) is 16.4. The van der Waals surface area contributed by atoms with Gasteiger partial charge in [-0.2, -0.15) is 0 Å². The molecular formula is C19H38O3. The van der Waals surface area contributed by atoms with E-state index in [2.05, 4.69) is 6.92 Å². The summed E-state index contributed by atoms with van der Waals surface area (Å²) in [5.74, 6) is -0.662. The van der Waals surface area contributed by atoms with Gasteiger partial charge in [0, 0.05) is 13.5 Å². The maximum absolute atomic E-state index is 10.4. The molecule has 0 aliphatic rings. The largest absolute Gasteiger partial charge is 0.481 e. The van der Waals surface area contributed by atoms with Crippen LogP contribution in [0.25, 0.3) is 0 Å². The monoisotopic (exact) mass is 314 g/mol. The quantitative estimate of drug-likeness (QED) is 0.337. The number of hydrogen-bond acceptors (Lipinski definition) is 2. The fraction of sp³-hybridized carbons (Fsp3) is 0.947. The van der Waals surface area contributed by atoms with Gasteiger partial charge in [0.2, 0.25) is 0 Å². The zero-order valence-corrected chi connectivity index (χ0v) is 14.9. The van der Waals surface area contributed by atoms with Crippen molar-refractivity contribution in [3.05, 3.63) is 0 Å². The van der Waals surface area contributed by atoms with Crippen LogP contribution in [-0.4, -0.2) is 24.3 Å². The Labute approximate surface area is 137 Å². The van der Waals surface area contributed by atoms with E-state index in [0.717, 1.165) is 12.8 Å². The lowest BCUT2D eigenvalue weighted by Crippen LogP contribution is -2.09. The lowest BCUT2D eigenvalue weighted by molar-refractivity contribution is -0.137. The molecule has 22 heavy (non-hydrogen) atoms. The third-order valence-corrected chi connectivity index (χ3v) is 4.38. The molecule has 1 atom stereocenters. The summed E-state index contributed by atoms with van der Waals surface area (Å²) in [7, 11) is 1.84. The van der Waals surface area contributed by atoms with Crippen molar-refractivity contribution in [2.75, 3.05) is 7.11 Å². The molecule has 0 rings (SSSR count). The number of hydrogen-bond donors (Lipinski definition) is 1. The molecule has 0 heterocycles. The molecule has 3 heteroatoms. The number of ether oxygens (including phenoxy) is 1. The average molecular weight is 315 g/mol. The fourth-order valence-corrected chi connectivity index (χ4v) is 2.87. The van der Waals surface area contributed by atoms with E-state index in [4.69, 9.17) is 9.84 Å². The number of carbonyl (C=O) groups is 1. The normalized spacial score (nSPS) is 12.5. The first-order chi connectivity index (χ1) is 10.7. The summed E-state index contributed by atoms with van der Waals surface area (Å²) in [5, 5.41) is 8.54. The van der Waals surface area contributed by atoms with E-state index in [0.29, 0.717) is 12.5 Å². The highest BCUT2D eigenvalue weighted by Crippen LogP contribution is 2.15. The van der Waals surface area contributed by atoms with E-state index in [9.17, 15) is 4.79 Å². The Bertz CT molecular complexity index is 241. The summed E-state index contributed by atoms with van der Waals surface area (Å²) >= 11 is 0. The molecule has 0 radical (unpaired) electrons. The molecule has 1 N–H and O–H groups in total. The zero-order valence-electron chi connectivity index (χ0n) is 14.9. The van der Waals surface area contributed by atoms with E-state index in [-0.39, 0.29) is 0 Å². The van der Waals surface area contributed by atoms with Crippen molar-refractivity contribution in [1.82, 2.24) is 0 Å². The number of methoxy groups -OCH3 is 1. The van der Waals surface area contributed by atoms with E-state index >= 15 is 0 Å². The highest BCUT2D eigenvalue weighted by atomic mass is 16.5. The summed E-state index contributed by atoms with van der Waals surface area (Å²) in [4.78, 5) is 10.4. The van der Waals surface area contributed by atoms with Gasteiger partial charge in [-0.1, -0.05) is 77.6 Å². The lowest BCUT2D eigenvalue weighted by Gasteiger charge is -2.14. The van der Waals surface area contributed by atoms with Crippen molar-refractivity contribution in [2.24, 2.45) is 0 Å². The molecule has 1 unspecified atom stereocenters. The van der Waals surface area contributed by atoms with E-state index in [1.165, 1.54) is 77.0 Å². The highest BCUT2D eigenvalue weighted by Gasteiger charge is 2.05. The molecule has 0 aromatic heterocycles. The molecule has 132 valence electrons. The Hall–Kier alpha value is -0.570. The van der Waals surface area contributed by atoms with Crippen LogP contribution in [-0.2, 0) is 9.53 Å². The first-order valence-electron chi connectivity index (χ1n) is 9.45. The van der Waals surface area contributed by atoms with Crippen LogP contribution in [0.5, 0.6) is 0 Å². The van der Waals surface area contributed by atoms with E-state index < -0.39 is 5.97 Å². The highest BCUT2D eigenvalue weighted by molar-refractivity contribution is 5.66. The number of unbranched alkanes of at least 4 members (excludes halogenated alkanes) is 10. The topological polar surface area (TPSA) is 46.5 Å². The minimum absolute atomic E-state index is 0.334. The van der Waals surface area contributed by atoms with Gasteiger partial charge in [-0.3, -0.25) is 4.79 Å². The minimum atomic E-state index is -0.662. The Morgan fingerprint density at radius 3 is 1.73 bits per heavy atom. The molecule has 0 fully saturated rings. The molecule has 0 aromatic carbocycles. The Morgan fingerprint density at radius 2 is 1.27 bits per heavy atom. The molecule has 3 nitrogen and oxygen atoms in total. The van der Waals surface area contributed by atoms with Gasteiger partial charge in [0.25, 0.3) is 0 Å². The first kappa shape index (κ1) is 21.4. The van der Waals surface area contributed by atoms with Crippen molar-refractivity contribution < 1.29 is 14.6 Å². The van der Waals surface area contributed by atoms with Gasteiger partial charge < -0.3 is 9.84 Å². The third-order valence-electron chi connectivity index (χ3n) is 4.38. The van der Waals surface area contributed by atoms with Crippen molar-refractivity contribution in [3.63, 3.8) is 0 Å². The van der Waals surface area contributed by atoms with Crippen molar-refractivity contribution in [3.8, 4) is 0 Å². The molecule has 0 aliphatic heterocycles. The van der Waals surface area contributed by atoms with Crippen LogP contribution in [0.4, 0.5) is 0 Å². The van der Waals surface area contributed by atoms with Crippen LogP contribution in [0.15, 0.2) is 0 Å². The summed E-state index contributed by atoms with van der Waals surface area (Å²) in [5.41, 5.74) is 0. The number of carboxylic acids is 1. The second-order valence-corrected chi connectivity index (χ2v) is 6.47. The van der Waals surface area contributed by atoms with Gasteiger partial charge >= 0.3 is 5.97 Å². The van der Waals surface area contributed by atoms with Gasteiger partial charge in [-0.15, -0.1) is 0 Å². The maximum Gasteiger partial charge on any atom is 0.303 e. The molecule has 0 aromatic rings. The smallest absolute Gasteiger partial charge is 0.303 e. The summed E-state index contributed by atoms with van der Waals surface area (Å²) in [6, 6.07) is 0. The number of carboxylic acid groups (broad SMARTS) is 1. The van der Waals surface area contributed by atoms with E-state index in [1.807, 2.05) is 7.11 Å². The van der Waals surface area contributed by atoms with Crippen molar-refractivity contribution in [1.29, 1.82) is 0 Å². The van der Waals surface area contributed by atoms with Gasteiger partial charge in [-0.25, -0.2) is 0 Å². The number of rotatable bonds is 17. The molecule has 0 saturated carbocycles. The van der Waals surface area contributed by atoms with Crippen LogP contribution in [0.3, 0.4) is 0 Å². The second kappa shape index (κ2) is 16.8. The van der Waals surface area contributed by atoms with Crippen LogP contribution < -0.4 is 0 Å². The van der Waals surface area contributed by atoms with E-state index in [1.54, 1.807) is 0 Å². The minimum Gasteiger partial charge on any atom is -0.481 e. The molecule has 0 spiro atoms. The van der Waals surface area contributed by atoms with Crippen molar-refractivity contribution >= 4 is 5.97 Å². The molecule has 0 amide bonds. The van der Waals surface area contributed by atoms with Gasteiger partial charge in [0.15, 0.2) is 0 Å². The van der Waals surface area contributed by atoms with Crippen LogP contribution in [0.1, 0.15) is 103 Å². The summed E-state index contributed by atoms with van der Waals surface area (Å²) < 4.78 is 5.52. The number of aliphatic carboxylic acids is 1. The van der Waals surface area contributed by atoms with Crippen LogP contribution in [0.2, 0.25) is 0 Å².